The van der Waals surface area contributed by atoms with E-state index < -0.39 is 11.9 Å². The summed E-state index contributed by atoms with van der Waals surface area (Å²) in [4.78, 5) is 22.1. The maximum absolute atomic E-state index is 11.5. The summed E-state index contributed by atoms with van der Waals surface area (Å²) in [5.74, 6) is -0.969. The highest BCUT2D eigenvalue weighted by Gasteiger charge is 2.14. The van der Waals surface area contributed by atoms with Gasteiger partial charge in [-0.05, 0) is 24.1 Å². The lowest BCUT2D eigenvalue weighted by Gasteiger charge is -2.10. The molecule has 106 valence electrons. The number of nitrogens with one attached hydrogen (secondary N) is 1. The van der Waals surface area contributed by atoms with E-state index in [4.69, 9.17) is 23.1 Å². The number of primary amides is 1. The Morgan fingerprint density at radius 1 is 1.37 bits per heavy atom. The zero-order valence-corrected chi connectivity index (χ0v) is 11.8. The molecule has 0 bridgehead atoms. The Kier molecular flexibility index (Phi) is 8.14. The zero-order chi connectivity index (χ0) is 13.5. The minimum atomic E-state index is -0.887. The summed E-state index contributed by atoms with van der Waals surface area (Å²) in [5.41, 5.74) is 11.5. The first-order valence-corrected chi connectivity index (χ1v) is 5.93. The Morgan fingerprint density at radius 2 is 2.05 bits per heavy atom. The molecular formula is C12H17Cl2N3O2. The number of benzene rings is 1. The Labute approximate surface area is 123 Å². The third kappa shape index (κ3) is 7.00. The van der Waals surface area contributed by atoms with Gasteiger partial charge in [-0.25, -0.2) is 0 Å². The fourth-order valence-corrected chi connectivity index (χ4v) is 1.68. The van der Waals surface area contributed by atoms with Crippen molar-refractivity contribution in [1.29, 1.82) is 0 Å². The fourth-order valence-electron chi connectivity index (χ4n) is 1.46. The number of carbonyl (C=O) groups excluding carboxylic acids is 2. The van der Waals surface area contributed by atoms with Crippen LogP contribution < -0.4 is 16.8 Å². The van der Waals surface area contributed by atoms with Crippen molar-refractivity contribution in [3.8, 4) is 0 Å². The van der Waals surface area contributed by atoms with Crippen LogP contribution in [0.2, 0.25) is 5.02 Å². The van der Waals surface area contributed by atoms with Gasteiger partial charge in [0.2, 0.25) is 11.8 Å². The predicted octanol–water partition coefficient (Wildman–Crippen LogP) is 0.623. The molecule has 0 aromatic heterocycles. The molecule has 1 aromatic rings. The molecule has 7 heteroatoms. The van der Waals surface area contributed by atoms with Crippen molar-refractivity contribution >= 4 is 35.8 Å². The van der Waals surface area contributed by atoms with Gasteiger partial charge in [0.15, 0.2) is 0 Å². The van der Waals surface area contributed by atoms with Gasteiger partial charge in [0.25, 0.3) is 0 Å². The van der Waals surface area contributed by atoms with Crippen LogP contribution in [0.4, 0.5) is 0 Å². The Hall–Kier alpha value is -1.30. The van der Waals surface area contributed by atoms with Gasteiger partial charge in [-0.3, -0.25) is 9.59 Å². The summed E-state index contributed by atoms with van der Waals surface area (Å²) in [6.45, 7) is 0.436. The first kappa shape index (κ1) is 17.7. The van der Waals surface area contributed by atoms with Crippen molar-refractivity contribution in [2.45, 2.75) is 18.9 Å². The molecule has 0 aliphatic carbocycles. The SMILES string of the molecule is Cl.NC(=O)CC(N)C(=O)NCCc1cccc(Cl)c1. The maximum Gasteiger partial charge on any atom is 0.237 e. The van der Waals surface area contributed by atoms with Gasteiger partial charge in [0.1, 0.15) is 0 Å². The molecule has 0 aliphatic heterocycles. The molecule has 0 radical (unpaired) electrons. The number of nitrogens with two attached hydrogens (primary N) is 2. The topological polar surface area (TPSA) is 98.2 Å². The lowest BCUT2D eigenvalue weighted by atomic mass is 10.1. The number of carbonyl (C=O) groups is 2. The van der Waals surface area contributed by atoms with Crippen LogP contribution in [-0.4, -0.2) is 24.4 Å². The van der Waals surface area contributed by atoms with Crippen LogP contribution in [0.15, 0.2) is 24.3 Å². The first-order chi connectivity index (χ1) is 8.49. The monoisotopic (exact) mass is 305 g/mol. The smallest absolute Gasteiger partial charge is 0.237 e. The molecule has 1 atom stereocenters. The minimum absolute atomic E-state index is 0. The Morgan fingerprint density at radius 3 is 2.63 bits per heavy atom. The van der Waals surface area contributed by atoms with Gasteiger partial charge in [-0.15, -0.1) is 12.4 Å². The van der Waals surface area contributed by atoms with E-state index in [1.165, 1.54) is 0 Å². The van der Waals surface area contributed by atoms with E-state index in [1.54, 1.807) is 6.07 Å². The van der Waals surface area contributed by atoms with Crippen LogP contribution >= 0.6 is 24.0 Å². The number of amides is 2. The predicted molar refractivity (Wildman–Crippen MR) is 77.2 cm³/mol. The minimum Gasteiger partial charge on any atom is -0.370 e. The standard InChI is InChI=1S/C12H16ClN3O2.ClH/c13-9-3-1-2-8(6-9)4-5-16-12(18)10(14)7-11(15)17;/h1-3,6,10H,4-5,7,14H2,(H2,15,17)(H,16,18);1H. The number of rotatable bonds is 6. The molecule has 0 saturated carbocycles. The highest BCUT2D eigenvalue weighted by atomic mass is 35.5. The van der Waals surface area contributed by atoms with E-state index >= 15 is 0 Å². The summed E-state index contributed by atoms with van der Waals surface area (Å²) in [7, 11) is 0. The normalized spacial score (nSPS) is 11.3. The van der Waals surface area contributed by atoms with E-state index in [0.717, 1.165) is 5.56 Å². The summed E-state index contributed by atoms with van der Waals surface area (Å²) in [6, 6.07) is 6.49. The molecule has 0 fully saturated rings. The van der Waals surface area contributed by atoms with Crippen molar-refractivity contribution in [1.82, 2.24) is 5.32 Å². The highest BCUT2D eigenvalue weighted by molar-refractivity contribution is 6.30. The first-order valence-electron chi connectivity index (χ1n) is 5.55. The second-order valence-electron chi connectivity index (χ2n) is 3.95. The largest absolute Gasteiger partial charge is 0.370 e. The lowest BCUT2D eigenvalue weighted by molar-refractivity contribution is -0.126. The summed E-state index contributed by atoms with van der Waals surface area (Å²) in [6.07, 6.45) is 0.499. The lowest BCUT2D eigenvalue weighted by Crippen LogP contribution is -2.43. The molecular weight excluding hydrogens is 289 g/mol. The quantitative estimate of drug-likeness (QED) is 0.718. The van der Waals surface area contributed by atoms with Crippen LogP contribution in [0.1, 0.15) is 12.0 Å². The van der Waals surface area contributed by atoms with Gasteiger partial charge in [0, 0.05) is 11.6 Å². The summed E-state index contributed by atoms with van der Waals surface area (Å²) in [5, 5.41) is 3.30. The van der Waals surface area contributed by atoms with E-state index in [0.29, 0.717) is 18.0 Å². The number of hydrogen-bond acceptors (Lipinski definition) is 3. The average Bonchev–Trinajstić information content (AvgIpc) is 2.28. The number of halogens is 2. The van der Waals surface area contributed by atoms with E-state index in [2.05, 4.69) is 5.32 Å². The van der Waals surface area contributed by atoms with Crippen LogP contribution in [0.5, 0.6) is 0 Å². The van der Waals surface area contributed by atoms with Gasteiger partial charge in [-0.2, -0.15) is 0 Å². The van der Waals surface area contributed by atoms with E-state index in [1.807, 2.05) is 18.2 Å². The molecule has 1 aromatic carbocycles. The van der Waals surface area contributed by atoms with Crippen molar-refractivity contribution in [3.05, 3.63) is 34.9 Å². The molecule has 5 N–H and O–H groups in total. The summed E-state index contributed by atoms with van der Waals surface area (Å²) < 4.78 is 0. The Balaban J connectivity index is 0.00000324. The molecule has 19 heavy (non-hydrogen) atoms. The second kappa shape index (κ2) is 8.74. The fraction of sp³-hybridized carbons (Fsp3) is 0.333. The van der Waals surface area contributed by atoms with E-state index in [9.17, 15) is 9.59 Å². The average molecular weight is 306 g/mol. The molecule has 0 saturated heterocycles. The molecule has 0 spiro atoms. The Bertz CT molecular complexity index is 441. The van der Waals surface area contributed by atoms with Gasteiger partial charge < -0.3 is 16.8 Å². The number of hydrogen-bond donors (Lipinski definition) is 3. The molecule has 1 unspecified atom stereocenters. The second-order valence-corrected chi connectivity index (χ2v) is 4.38. The van der Waals surface area contributed by atoms with Crippen LogP contribution in [0, 0.1) is 0 Å². The van der Waals surface area contributed by atoms with Crippen LogP contribution in [-0.2, 0) is 16.0 Å². The van der Waals surface area contributed by atoms with Crippen molar-refractivity contribution in [2.24, 2.45) is 11.5 Å². The van der Waals surface area contributed by atoms with Crippen LogP contribution in [0.3, 0.4) is 0 Å². The maximum atomic E-state index is 11.5. The highest BCUT2D eigenvalue weighted by Crippen LogP contribution is 2.10. The molecule has 5 nitrogen and oxygen atoms in total. The molecule has 1 rings (SSSR count). The van der Waals surface area contributed by atoms with Gasteiger partial charge >= 0.3 is 0 Å². The zero-order valence-electron chi connectivity index (χ0n) is 10.3. The molecule has 0 heterocycles. The molecule has 0 aliphatic rings. The van der Waals surface area contributed by atoms with Crippen molar-refractivity contribution < 1.29 is 9.59 Å². The molecule has 2 amide bonds. The van der Waals surface area contributed by atoms with Gasteiger partial charge in [-0.1, -0.05) is 23.7 Å². The third-order valence-corrected chi connectivity index (χ3v) is 2.59. The van der Waals surface area contributed by atoms with Crippen molar-refractivity contribution in [2.75, 3.05) is 6.54 Å². The van der Waals surface area contributed by atoms with Crippen LogP contribution in [0.25, 0.3) is 0 Å². The van der Waals surface area contributed by atoms with Crippen molar-refractivity contribution in [3.63, 3.8) is 0 Å². The third-order valence-electron chi connectivity index (χ3n) is 2.36. The summed E-state index contributed by atoms with van der Waals surface area (Å²) >= 11 is 5.84. The van der Waals surface area contributed by atoms with Gasteiger partial charge in [0.05, 0.1) is 12.5 Å². The van der Waals surface area contributed by atoms with E-state index in [-0.39, 0.29) is 24.7 Å².